The Labute approximate surface area is 228 Å². The van der Waals surface area contributed by atoms with Crippen molar-refractivity contribution in [2.75, 3.05) is 7.05 Å². The number of amides is 2. The number of hydrogen-bond acceptors (Lipinski definition) is 5. The molecule has 2 amide bonds. The zero-order valence-electron chi connectivity index (χ0n) is 21.7. The Balaban J connectivity index is 1.43. The summed E-state index contributed by atoms with van der Waals surface area (Å²) in [6, 6.07) is 13.7. The maximum Gasteiger partial charge on any atom is 0.255 e. The molecule has 0 radical (unpaired) electrons. The summed E-state index contributed by atoms with van der Waals surface area (Å²) in [5.41, 5.74) is 2.58. The van der Waals surface area contributed by atoms with Gasteiger partial charge in [-0.15, -0.1) is 0 Å². The smallest absolute Gasteiger partial charge is 0.255 e. The van der Waals surface area contributed by atoms with Crippen LogP contribution in [0, 0.1) is 18.6 Å². The Bertz CT molecular complexity index is 1780. The van der Waals surface area contributed by atoms with E-state index in [-0.39, 0.29) is 33.8 Å². The lowest BCUT2D eigenvalue weighted by Crippen LogP contribution is -2.35. The Hall–Kier alpha value is -4.92. The summed E-state index contributed by atoms with van der Waals surface area (Å²) in [4.78, 5) is 34.7. The van der Waals surface area contributed by atoms with Crippen molar-refractivity contribution in [2.24, 2.45) is 0 Å². The van der Waals surface area contributed by atoms with Gasteiger partial charge in [0.05, 0.1) is 28.4 Å². The second-order valence-electron chi connectivity index (χ2n) is 9.85. The molecule has 2 N–H and O–H groups in total. The number of carbonyl (C=O) groups excluding carboxylic acids is 2. The average Bonchev–Trinajstić information content (AvgIpc) is 3.65. The minimum Gasteiger partial charge on any atom is -0.455 e. The standard InChI is InChI=1S/C31H24F2N4O3/c1-17-3-4-19(29(38)37-31(11-12-31)24-16-35-13-14-36-24)15-22(17)21-9-10-23-25(27(21)33)26(30(39)34-2)28(40-23)18-5-7-20(32)8-6-18/h3-10,13-16H,11-12H2,1-2H3,(H,34,39)(H,37,38). The lowest BCUT2D eigenvalue weighted by Gasteiger charge is -2.17. The molecule has 0 saturated heterocycles. The molecule has 9 heteroatoms. The molecule has 40 heavy (non-hydrogen) atoms. The molecule has 6 rings (SSSR count). The average molecular weight is 539 g/mol. The number of halogens is 2. The molecular weight excluding hydrogens is 514 g/mol. The van der Waals surface area contributed by atoms with E-state index in [2.05, 4.69) is 20.6 Å². The third kappa shape index (κ3) is 4.29. The van der Waals surface area contributed by atoms with Crippen LogP contribution < -0.4 is 10.6 Å². The van der Waals surface area contributed by atoms with E-state index < -0.39 is 23.1 Å². The Morgan fingerprint density at radius 1 is 0.950 bits per heavy atom. The van der Waals surface area contributed by atoms with Crippen molar-refractivity contribution in [2.45, 2.75) is 25.3 Å². The second kappa shape index (κ2) is 9.68. The van der Waals surface area contributed by atoms with Gasteiger partial charge in [-0.2, -0.15) is 0 Å². The summed E-state index contributed by atoms with van der Waals surface area (Å²) in [6.45, 7) is 1.82. The van der Waals surface area contributed by atoms with E-state index in [1.54, 1.807) is 48.9 Å². The van der Waals surface area contributed by atoms with Gasteiger partial charge in [-0.1, -0.05) is 6.07 Å². The molecule has 200 valence electrons. The SMILES string of the molecule is CNC(=O)c1c(-c2ccc(F)cc2)oc2ccc(-c3cc(C(=O)NC4(c5cnccn5)CC4)ccc3C)c(F)c12. The molecule has 0 atom stereocenters. The Morgan fingerprint density at radius 2 is 1.73 bits per heavy atom. The van der Waals surface area contributed by atoms with E-state index >= 15 is 4.39 Å². The van der Waals surface area contributed by atoms with Gasteiger partial charge in [0, 0.05) is 36.1 Å². The fourth-order valence-corrected chi connectivity index (χ4v) is 4.96. The van der Waals surface area contributed by atoms with Crippen molar-refractivity contribution in [3.63, 3.8) is 0 Å². The minimum absolute atomic E-state index is 0.00464. The largest absolute Gasteiger partial charge is 0.455 e. The van der Waals surface area contributed by atoms with Crippen molar-refractivity contribution in [1.82, 2.24) is 20.6 Å². The summed E-state index contributed by atoms with van der Waals surface area (Å²) in [5.74, 6) is -1.82. The molecule has 0 unspecified atom stereocenters. The van der Waals surface area contributed by atoms with Gasteiger partial charge in [-0.25, -0.2) is 8.78 Å². The number of hydrogen-bond donors (Lipinski definition) is 2. The molecule has 2 heterocycles. The van der Waals surface area contributed by atoms with E-state index in [0.29, 0.717) is 22.4 Å². The van der Waals surface area contributed by atoms with Gasteiger partial charge < -0.3 is 15.1 Å². The number of benzene rings is 3. The van der Waals surface area contributed by atoms with E-state index in [1.807, 2.05) is 6.92 Å². The number of carbonyl (C=O) groups is 2. The summed E-state index contributed by atoms with van der Waals surface area (Å²) >= 11 is 0. The molecule has 1 aliphatic rings. The normalized spacial score (nSPS) is 13.7. The van der Waals surface area contributed by atoms with Gasteiger partial charge in [0.1, 0.15) is 23.0 Å². The highest BCUT2D eigenvalue weighted by Crippen LogP contribution is 2.44. The van der Waals surface area contributed by atoms with Crippen LogP contribution >= 0.6 is 0 Å². The van der Waals surface area contributed by atoms with Gasteiger partial charge in [0.2, 0.25) is 0 Å². The third-order valence-corrected chi connectivity index (χ3v) is 7.30. The topological polar surface area (TPSA) is 97.1 Å². The number of rotatable bonds is 6. The molecule has 0 aliphatic heterocycles. The minimum atomic E-state index is -0.660. The molecule has 0 bridgehead atoms. The van der Waals surface area contributed by atoms with Crippen LogP contribution in [0.2, 0.25) is 0 Å². The predicted octanol–water partition coefficient (Wildman–Crippen LogP) is 5.92. The highest BCUT2D eigenvalue weighted by atomic mass is 19.1. The van der Waals surface area contributed by atoms with Gasteiger partial charge in [0.25, 0.3) is 11.8 Å². The van der Waals surface area contributed by atoms with Gasteiger partial charge in [-0.05, 0) is 79.4 Å². The van der Waals surface area contributed by atoms with Crippen LogP contribution in [0.1, 0.15) is 44.8 Å². The number of nitrogens with one attached hydrogen (secondary N) is 2. The van der Waals surface area contributed by atoms with Crippen LogP contribution in [-0.2, 0) is 5.54 Å². The quantitative estimate of drug-likeness (QED) is 0.280. The zero-order chi connectivity index (χ0) is 28.0. The summed E-state index contributed by atoms with van der Waals surface area (Å²) in [6.07, 6.45) is 6.32. The van der Waals surface area contributed by atoms with E-state index in [4.69, 9.17) is 4.42 Å². The van der Waals surface area contributed by atoms with Crippen LogP contribution in [0.3, 0.4) is 0 Å². The van der Waals surface area contributed by atoms with Crippen molar-refractivity contribution < 1.29 is 22.8 Å². The lowest BCUT2D eigenvalue weighted by molar-refractivity contribution is 0.0928. The monoisotopic (exact) mass is 538 g/mol. The third-order valence-electron chi connectivity index (χ3n) is 7.30. The zero-order valence-corrected chi connectivity index (χ0v) is 21.7. The van der Waals surface area contributed by atoms with Crippen LogP contribution in [0.25, 0.3) is 33.4 Å². The van der Waals surface area contributed by atoms with Crippen molar-refractivity contribution in [3.05, 3.63) is 107 Å². The van der Waals surface area contributed by atoms with Gasteiger partial charge >= 0.3 is 0 Å². The van der Waals surface area contributed by atoms with Crippen molar-refractivity contribution in [3.8, 4) is 22.5 Å². The van der Waals surface area contributed by atoms with E-state index in [1.165, 1.54) is 31.3 Å². The highest BCUT2D eigenvalue weighted by molar-refractivity contribution is 6.12. The first-order valence-corrected chi connectivity index (χ1v) is 12.7. The highest BCUT2D eigenvalue weighted by Gasteiger charge is 2.47. The number of aryl methyl sites for hydroxylation is 1. The molecule has 3 aromatic carbocycles. The van der Waals surface area contributed by atoms with Crippen molar-refractivity contribution in [1.29, 1.82) is 0 Å². The van der Waals surface area contributed by atoms with Crippen LogP contribution in [-0.4, -0.2) is 28.8 Å². The van der Waals surface area contributed by atoms with Gasteiger partial charge in [-0.3, -0.25) is 19.6 Å². The lowest BCUT2D eigenvalue weighted by atomic mass is 9.94. The number of furan rings is 1. The molecule has 0 spiro atoms. The summed E-state index contributed by atoms with van der Waals surface area (Å²) in [5, 5.41) is 5.62. The number of fused-ring (bicyclic) bond motifs is 1. The van der Waals surface area contributed by atoms with Crippen LogP contribution in [0.5, 0.6) is 0 Å². The maximum absolute atomic E-state index is 16.3. The number of nitrogens with zero attached hydrogens (tertiary/aromatic N) is 2. The second-order valence-corrected chi connectivity index (χ2v) is 9.85. The molecule has 5 aromatic rings. The van der Waals surface area contributed by atoms with E-state index in [9.17, 15) is 14.0 Å². The fraction of sp³-hybridized carbons (Fsp3) is 0.161. The van der Waals surface area contributed by atoms with E-state index in [0.717, 1.165) is 18.4 Å². The first-order valence-electron chi connectivity index (χ1n) is 12.7. The summed E-state index contributed by atoms with van der Waals surface area (Å²) < 4.78 is 35.8. The molecule has 2 aromatic heterocycles. The van der Waals surface area contributed by atoms with Crippen LogP contribution in [0.4, 0.5) is 8.78 Å². The molecule has 1 saturated carbocycles. The molecule has 7 nitrogen and oxygen atoms in total. The molecule has 1 fully saturated rings. The fourth-order valence-electron chi connectivity index (χ4n) is 4.96. The van der Waals surface area contributed by atoms with Crippen LogP contribution in [0.15, 0.2) is 77.6 Å². The predicted molar refractivity (Wildman–Crippen MR) is 146 cm³/mol. The molecular formula is C31H24F2N4O3. The number of aromatic nitrogens is 2. The first-order chi connectivity index (χ1) is 19.3. The maximum atomic E-state index is 16.3. The van der Waals surface area contributed by atoms with Gasteiger partial charge in [0.15, 0.2) is 0 Å². The Kier molecular flexibility index (Phi) is 6.14. The summed E-state index contributed by atoms with van der Waals surface area (Å²) in [7, 11) is 1.44. The first kappa shape index (κ1) is 25.4. The Morgan fingerprint density at radius 3 is 2.40 bits per heavy atom. The molecule has 1 aliphatic carbocycles. The van der Waals surface area contributed by atoms with Crippen molar-refractivity contribution >= 4 is 22.8 Å².